The molecule has 0 amide bonds. The Kier molecular flexibility index (Phi) is 6.81. The van der Waals surface area contributed by atoms with Gasteiger partial charge in [-0.05, 0) is 56.0 Å². The fourth-order valence-corrected chi connectivity index (χ4v) is 4.84. The largest absolute Gasteiger partial charge is 0.483 e. The van der Waals surface area contributed by atoms with Crippen LogP contribution in [0.5, 0.6) is 11.5 Å². The van der Waals surface area contributed by atoms with Gasteiger partial charge in [0.05, 0.1) is 23.5 Å². The van der Waals surface area contributed by atoms with Crippen LogP contribution in [0.15, 0.2) is 36.5 Å². The summed E-state index contributed by atoms with van der Waals surface area (Å²) >= 11 is 0. The standard InChI is InChI=1S/C23H28N2O4.CH2O2/c1-2-19-13-18(26)14-23(29-19)6-9-25(10-7-23)17-5-8-24-20(12-17)16-3-4-21-22(11-16)28-15-27-21;2-1-3/h3-5,8,11-12,18-19,26H,2,6-7,9-10,13-15H2,1H3;1H,(H,2,3)/t18-,19+;/m1./s1. The Morgan fingerprint density at radius 2 is 1.94 bits per heavy atom. The molecule has 5 rings (SSSR count). The van der Waals surface area contributed by atoms with E-state index in [-0.39, 0.29) is 31.1 Å². The number of fused-ring (bicyclic) bond motifs is 1. The van der Waals surface area contributed by atoms with Crippen molar-refractivity contribution in [1.29, 1.82) is 0 Å². The van der Waals surface area contributed by atoms with E-state index in [1.165, 1.54) is 5.69 Å². The summed E-state index contributed by atoms with van der Waals surface area (Å²) in [5, 5.41) is 17.2. The highest BCUT2D eigenvalue weighted by Crippen LogP contribution is 2.40. The van der Waals surface area contributed by atoms with Crippen LogP contribution in [0.4, 0.5) is 5.69 Å². The van der Waals surface area contributed by atoms with Gasteiger partial charge in [-0.1, -0.05) is 6.92 Å². The zero-order chi connectivity index (χ0) is 22.6. The maximum atomic E-state index is 10.3. The number of ether oxygens (including phenoxy) is 3. The van der Waals surface area contributed by atoms with Crippen LogP contribution in [0, 0.1) is 0 Å². The Bertz CT molecular complexity index is 928. The Balaban J connectivity index is 0.000000775. The van der Waals surface area contributed by atoms with E-state index in [0.29, 0.717) is 0 Å². The van der Waals surface area contributed by atoms with E-state index in [4.69, 9.17) is 24.1 Å². The van der Waals surface area contributed by atoms with Crippen LogP contribution in [-0.4, -0.2) is 59.4 Å². The predicted octanol–water partition coefficient (Wildman–Crippen LogP) is 3.47. The van der Waals surface area contributed by atoms with Crippen LogP contribution in [0.2, 0.25) is 0 Å². The minimum absolute atomic E-state index is 0.165. The monoisotopic (exact) mass is 442 g/mol. The van der Waals surface area contributed by atoms with Gasteiger partial charge >= 0.3 is 0 Å². The molecule has 0 radical (unpaired) electrons. The van der Waals surface area contributed by atoms with Gasteiger partial charge in [0.1, 0.15) is 0 Å². The summed E-state index contributed by atoms with van der Waals surface area (Å²) < 4.78 is 17.3. The highest BCUT2D eigenvalue weighted by atomic mass is 16.7. The van der Waals surface area contributed by atoms with E-state index in [1.54, 1.807) is 0 Å². The van der Waals surface area contributed by atoms with Crippen LogP contribution in [-0.2, 0) is 9.53 Å². The Morgan fingerprint density at radius 3 is 2.69 bits per heavy atom. The SMILES string of the molecule is CC[C@H]1C[C@@H](O)CC2(CCN(c3ccnc(-c4ccc5c(c4)OCO5)c3)CC2)O1.O=CO. The number of rotatable bonds is 3. The summed E-state index contributed by atoms with van der Waals surface area (Å²) in [5.74, 6) is 1.55. The van der Waals surface area contributed by atoms with E-state index < -0.39 is 0 Å². The van der Waals surface area contributed by atoms with Gasteiger partial charge in [-0.3, -0.25) is 9.78 Å². The second-order valence-corrected chi connectivity index (χ2v) is 8.48. The molecule has 3 aliphatic rings. The summed E-state index contributed by atoms with van der Waals surface area (Å²) in [5.41, 5.74) is 2.96. The van der Waals surface area contributed by atoms with Gasteiger partial charge in [0, 0.05) is 37.0 Å². The van der Waals surface area contributed by atoms with Crippen LogP contribution in [0.25, 0.3) is 11.3 Å². The second-order valence-electron chi connectivity index (χ2n) is 8.48. The van der Waals surface area contributed by atoms with Crippen molar-refractivity contribution in [3.8, 4) is 22.8 Å². The van der Waals surface area contributed by atoms with Crippen molar-refractivity contribution in [2.24, 2.45) is 0 Å². The van der Waals surface area contributed by atoms with Gasteiger partial charge in [0.2, 0.25) is 6.79 Å². The molecule has 1 aromatic heterocycles. The highest BCUT2D eigenvalue weighted by molar-refractivity contribution is 5.68. The van der Waals surface area contributed by atoms with Crippen LogP contribution in [0.1, 0.15) is 39.0 Å². The molecule has 2 aromatic rings. The second kappa shape index (κ2) is 9.75. The molecule has 0 saturated carbocycles. The molecule has 3 aliphatic heterocycles. The van der Waals surface area contributed by atoms with Crippen molar-refractivity contribution in [3.63, 3.8) is 0 Å². The normalized spacial score (nSPS) is 23.4. The quantitative estimate of drug-likeness (QED) is 0.697. The number of carboxylic acid groups (broad SMARTS) is 1. The zero-order valence-corrected chi connectivity index (χ0v) is 18.3. The lowest BCUT2D eigenvalue weighted by atomic mass is 9.81. The van der Waals surface area contributed by atoms with Crippen LogP contribution >= 0.6 is 0 Å². The van der Waals surface area contributed by atoms with E-state index in [1.807, 2.05) is 24.4 Å². The molecule has 8 heteroatoms. The first-order valence-corrected chi connectivity index (χ1v) is 11.1. The molecule has 2 atom stereocenters. The summed E-state index contributed by atoms with van der Waals surface area (Å²) in [4.78, 5) is 15.3. The Hall–Kier alpha value is -2.84. The lowest BCUT2D eigenvalue weighted by Crippen LogP contribution is -2.52. The molecule has 0 unspecified atom stereocenters. The number of aliphatic hydroxyl groups is 1. The van der Waals surface area contributed by atoms with Gasteiger partial charge < -0.3 is 29.3 Å². The number of benzene rings is 1. The summed E-state index contributed by atoms with van der Waals surface area (Å²) in [7, 11) is 0. The lowest BCUT2D eigenvalue weighted by Gasteiger charge is -2.48. The minimum atomic E-state index is -0.250. The Labute approximate surface area is 187 Å². The topological polar surface area (TPSA) is 101 Å². The molecule has 1 spiro atoms. The summed E-state index contributed by atoms with van der Waals surface area (Å²) in [6.07, 6.45) is 6.20. The Morgan fingerprint density at radius 1 is 1.19 bits per heavy atom. The van der Waals surface area contributed by atoms with Crippen LogP contribution < -0.4 is 14.4 Å². The van der Waals surface area contributed by atoms with E-state index in [0.717, 1.165) is 68.0 Å². The van der Waals surface area contributed by atoms with Gasteiger partial charge in [-0.2, -0.15) is 0 Å². The first-order chi connectivity index (χ1) is 15.6. The highest BCUT2D eigenvalue weighted by Gasteiger charge is 2.42. The molecule has 0 bridgehead atoms. The van der Waals surface area contributed by atoms with E-state index in [9.17, 15) is 5.11 Å². The number of piperidine rings is 1. The molecule has 172 valence electrons. The molecule has 1 aromatic carbocycles. The smallest absolute Gasteiger partial charge is 0.290 e. The number of hydrogen-bond acceptors (Lipinski definition) is 7. The minimum Gasteiger partial charge on any atom is -0.483 e. The molecule has 2 saturated heterocycles. The van der Waals surface area contributed by atoms with Crippen molar-refractivity contribution >= 4 is 12.2 Å². The lowest BCUT2D eigenvalue weighted by molar-refractivity contribution is -0.171. The number of aliphatic hydroxyl groups excluding tert-OH is 1. The predicted molar refractivity (Wildman–Crippen MR) is 119 cm³/mol. The third-order valence-electron chi connectivity index (χ3n) is 6.47. The molecule has 8 nitrogen and oxygen atoms in total. The molecule has 32 heavy (non-hydrogen) atoms. The van der Waals surface area contributed by atoms with Gasteiger partial charge in [-0.15, -0.1) is 0 Å². The number of carbonyl (C=O) groups is 1. The number of nitrogens with zero attached hydrogens (tertiary/aromatic N) is 2. The molecular formula is C24H30N2O6. The maximum absolute atomic E-state index is 10.3. The van der Waals surface area contributed by atoms with Crippen molar-refractivity contribution in [2.75, 3.05) is 24.8 Å². The zero-order valence-electron chi connectivity index (χ0n) is 18.3. The van der Waals surface area contributed by atoms with E-state index in [2.05, 4.69) is 28.9 Å². The van der Waals surface area contributed by atoms with Crippen molar-refractivity contribution in [2.45, 2.75) is 56.8 Å². The van der Waals surface area contributed by atoms with E-state index >= 15 is 0 Å². The summed E-state index contributed by atoms with van der Waals surface area (Å²) in [6, 6.07) is 10.2. The fraction of sp³-hybridized carbons (Fsp3) is 0.500. The van der Waals surface area contributed by atoms with Crippen molar-refractivity contribution in [1.82, 2.24) is 4.98 Å². The van der Waals surface area contributed by atoms with Gasteiger partial charge in [-0.25, -0.2) is 0 Å². The van der Waals surface area contributed by atoms with Crippen LogP contribution in [0.3, 0.4) is 0 Å². The average Bonchev–Trinajstić information content (AvgIpc) is 3.28. The molecular weight excluding hydrogens is 412 g/mol. The molecule has 2 fully saturated rings. The molecule has 4 heterocycles. The third kappa shape index (κ3) is 4.81. The van der Waals surface area contributed by atoms with Crippen molar-refractivity contribution in [3.05, 3.63) is 36.5 Å². The van der Waals surface area contributed by atoms with Gasteiger partial charge in [0.15, 0.2) is 11.5 Å². The number of hydrogen-bond donors (Lipinski definition) is 2. The fourth-order valence-electron chi connectivity index (χ4n) is 4.84. The third-order valence-corrected chi connectivity index (χ3v) is 6.47. The summed E-state index contributed by atoms with van der Waals surface area (Å²) in [6.45, 7) is 4.01. The van der Waals surface area contributed by atoms with Crippen molar-refractivity contribution < 1.29 is 29.2 Å². The first-order valence-electron chi connectivity index (χ1n) is 11.1. The number of aromatic nitrogens is 1. The number of anilines is 1. The average molecular weight is 443 g/mol. The maximum Gasteiger partial charge on any atom is 0.290 e. The molecule has 2 N–H and O–H groups in total. The first kappa shape index (κ1) is 22.4. The molecule has 0 aliphatic carbocycles. The van der Waals surface area contributed by atoms with Gasteiger partial charge in [0.25, 0.3) is 6.47 Å². The number of pyridine rings is 1.